The van der Waals surface area contributed by atoms with Crippen molar-refractivity contribution in [1.82, 2.24) is 20.1 Å². The summed E-state index contributed by atoms with van der Waals surface area (Å²) in [6, 6.07) is 4.18. The molecule has 0 saturated carbocycles. The summed E-state index contributed by atoms with van der Waals surface area (Å²) in [5.41, 5.74) is -2.64. The molecule has 1 saturated heterocycles. The zero-order valence-electron chi connectivity index (χ0n) is 18.7. The second kappa shape index (κ2) is 8.93. The Hall–Kier alpha value is -3.94. The second-order valence-electron chi connectivity index (χ2n) is 8.28. The van der Waals surface area contributed by atoms with Gasteiger partial charge in [0.25, 0.3) is 11.2 Å². The Morgan fingerprint density at radius 1 is 1.19 bits per heavy atom. The van der Waals surface area contributed by atoms with Gasteiger partial charge in [0.05, 0.1) is 15.9 Å². The summed E-state index contributed by atoms with van der Waals surface area (Å²) in [6.07, 6.45) is -0.407. The second-order valence-corrected chi connectivity index (χ2v) is 9.26. The number of alkyl halides is 3. The van der Waals surface area contributed by atoms with Crippen LogP contribution in [0.3, 0.4) is 0 Å². The van der Waals surface area contributed by atoms with Gasteiger partial charge in [0, 0.05) is 42.5 Å². The van der Waals surface area contributed by atoms with Crippen LogP contribution in [0.2, 0.25) is 0 Å². The van der Waals surface area contributed by atoms with Crippen LogP contribution < -0.4 is 10.5 Å². The SMILES string of the molecule is Cc1c(C(F)(F)F)cc2c(=O)nc(N3CCC(c4nc(-c5ccncc5)no4)CC3)sc2c1[N+](=O)[O-]. The monoisotopic (exact) mass is 518 g/mol. The van der Waals surface area contributed by atoms with E-state index >= 15 is 0 Å². The van der Waals surface area contributed by atoms with Gasteiger partial charge in [0.1, 0.15) is 4.70 Å². The number of fused-ring (bicyclic) bond motifs is 1. The van der Waals surface area contributed by atoms with E-state index in [1.54, 1.807) is 29.4 Å². The number of aromatic nitrogens is 4. The Labute approximate surface area is 204 Å². The molecule has 1 fully saturated rings. The highest BCUT2D eigenvalue weighted by Gasteiger charge is 2.38. The zero-order valence-corrected chi connectivity index (χ0v) is 19.5. The first-order valence-corrected chi connectivity index (χ1v) is 11.6. The highest BCUT2D eigenvalue weighted by atomic mass is 32.1. The molecule has 0 amide bonds. The topological polar surface area (TPSA) is 128 Å². The molecule has 4 heterocycles. The van der Waals surface area contributed by atoms with Crippen LogP contribution in [0.1, 0.15) is 35.8 Å². The van der Waals surface area contributed by atoms with E-state index in [2.05, 4.69) is 20.1 Å². The van der Waals surface area contributed by atoms with Crippen LogP contribution in [0.25, 0.3) is 21.5 Å². The van der Waals surface area contributed by atoms with E-state index in [-0.39, 0.29) is 15.7 Å². The van der Waals surface area contributed by atoms with E-state index < -0.39 is 38.9 Å². The maximum absolute atomic E-state index is 13.4. The van der Waals surface area contributed by atoms with E-state index in [0.717, 1.165) is 23.8 Å². The van der Waals surface area contributed by atoms with Crippen LogP contribution in [-0.2, 0) is 6.18 Å². The smallest absolute Gasteiger partial charge is 0.348 e. The zero-order chi connectivity index (χ0) is 25.6. The number of nitro benzene ring substituents is 1. The van der Waals surface area contributed by atoms with Gasteiger partial charge in [0.2, 0.25) is 11.7 Å². The van der Waals surface area contributed by atoms with Crippen molar-refractivity contribution in [2.45, 2.75) is 31.9 Å². The number of hydrogen-bond acceptors (Lipinski definition) is 10. The maximum Gasteiger partial charge on any atom is 0.416 e. The molecule has 0 unspecified atom stereocenters. The average Bonchev–Trinajstić information content (AvgIpc) is 3.34. The molecule has 186 valence electrons. The van der Waals surface area contributed by atoms with Gasteiger partial charge in [-0.2, -0.15) is 23.1 Å². The van der Waals surface area contributed by atoms with Gasteiger partial charge in [-0.15, -0.1) is 0 Å². The molecule has 3 aromatic heterocycles. The average molecular weight is 518 g/mol. The summed E-state index contributed by atoms with van der Waals surface area (Å²) in [4.78, 5) is 37.7. The van der Waals surface area contributed by atoms with Gasteiger partial charge >= 0.3 is 6.18 Å². The molecule has 1 aliphatic rings. The standard InChI is InChI=1S/C22H17F3N6O4S/c1-11-15(22(23,24)25)10-14-17(16(11)31(33)34)36-21(28-19(14)32)30-8-4-13(5-9-30)20-27-18(29-35-20)12-2-6-26-7-3-12/h2-3,6-7,10,13H,4-5,8-9H2,1H3. The summed E-state index contributed by atoms with van der Waals surface area (Å²) in [5, 5.41) is 15.5. The van der Waals surface area contributed by atoms with Crippen LogP contribution in [0.15, 0.2) is 39.9 Å². The molecule has 10 nitrogen and oxygen atoms in total. The Morgan fingerprint density at radius 2 is 1.89 bits per heavy atom. The lowest BCUT2D eigenvalue weighted by molar-refractivity contribution is -0.383. The van der Waals surface area contributed by atoms with Crippen molar-refractivity contribution in [3.05, 3.63) is 68.1 Å². The number of hydrogen-bond donors (Lipinski definition) is 0. The fourth-order valence-electron chi connectivity index (χ4n) is 4.25. The first-order valence-electron chi connectivity index (χ1n) is 10.8. The van der Waals surface area contributed by atoms with E-state index in [0.29, 0.717) is 43.7 Å². The van der Waals surface area contributed by atoms with Crippen LogP contribution >= 0.6 is 11.3 Å². The molecule has 14 heteroatoms. The molecule has 5 rings (SSSR count). The minimum absolute atomic E-state index is 0.0348. The van der Waals surface area contributed by atoms with Gasteiger partial charge < -0.3 is 9.42 Å². The summed E-state index contributed by atoms with van der Waals surface area (Å²) in [6.45, 7) is 1.92. The quantitative estimate of drug-likeness (QED) is 0.278. The van der Waals surface area contributed by atoms with Crippen molar-refractivity contribution in [3.63, 3.8) is 0 Å². The molecule has 0 aliphatic carbocycles. The lowest BCUT2D eigenvalue weighted by Gasteiger charge is -2.30. The van der Waals surface area contributed by atoms with E-state index in [1.165, 1.54) is 0 Å². The van der Waals surface area contributed by atoms with Gasteiger partial charge in [-0.3, -0.25) is 19.9 Å². The third kappa shape index (κ3) is 4.27. The fourth-order valence-corrected chi connectivity index (χ4v) is 5.46. The lowest BCUT2D eigenvalue weighted by Crippen LogP contribution is -2.34. The molecule has 1 aromatic carbocycles. The molecular weight excluding hydrogens is 501 g/mol. The molecule has 0 N–H and O–H groups in total. The third-order valence-electron chi connectivity index (χ3n) is 6.11. The number of halogens is 3. The van der Waals surface area contributed by atoms with Gasteiger partial charge in [-0.1, -0.05) is 16.5 Å². The van der Waals surface area contributed by atoms with E-state index in [1.807, 2.05) is 0 Å². The summed E-state index contributed by atoms with van der Waals surface area (Å²) in [5.74, 6) is 0.893. The number of nitro groups is 1. The molecule has 4 aromatic rings. The van der Waals surface area contributed by atoms with Crippen LogP contribution in [-0.4, -0.2) is 38.1 Å². The Balaban J connectivity index is 1.42. The number of benzene rings is 1. The molecule has 0 spiro atoms. The minimum Gasteiger partial charge on any atom is -0.348 e. The van der Waals surface area contributed by atoms with E-state index in [4.69, 9.17) is 4.52 Å². The maximum atomic E-state index is 13.4. The number of anilines is 1. The first kappa shape index (κ1) is 23.8. The largest absolute Gasteiger partial charge is 0.416 e. The van der Waals surface area contributed by atoms with Crippen molar-refractivity contribution in [2.24, 2.45) is 0 Å². The molecule has 0 radical (unpaired) electrons. The molecule has 0 atom stereocenters. The Bertz CT molecular complexity index is 1510. The normalized spacial score (nSPS) is 14.9. The Morgan fingerprint density at radius 3 is 2.53 bits per heavy atom. The summed E-state index contributed by atoms with van der Waals surface area (Å²) < 4.78 is 45.6. The van der Waals surface area contributed by atoms with Gasteiger partial charge in [-0.05, 0) is 38.0 Å². The molecule has 1 aliphatic heterocycles. The van der Waals surface area contributed by atoms with Crippen LogP contribution in [0, 0.1) is 17.0 Å². The van der Waals surface area contributed by atoms with Gasteiger partial charge in [-0.25, -0.2) is 0 Å². The Kier molecular flexibility index (Phi) is 5.90. The fraction of sp³-hybridized carbons (Fsp3) is 0.318. The predicted octanol–water partition coefficient (Wildman–Crippen LogP) is 4.72. The first-order chi connectivity index (χ1) is 17.1. The van der Waals surface area contributed by atoms with Crippen LogP contribution in [0.5, 0.6) is 0 Å². The van der Waals surface area contributed by atoms with Crippen molar-refractivity contribution < 1.29 is 22.6 Å². The predicted molar refractivity (Wildman–Crippen MR) is 124 cm³/mol. The molecular formula is C22H17F3N6O4S. The number of nitrogens with zero attached hydrogens (tertiary/aromatic N) is 6. The summed E-state index contributed by atoms with van der Waals surface area (Å²) >= 11 is 0.843. The third-order valence-corrected chi connectivity index (χ3v) is 7.26. The number of piperidine rings is 1. The van der Waals surface area contributed by atoms with Crippen molar-refractivity contribution in [2.75, 3.05) is 18.0 Å². The minimum atomic E-state index is -4.84. The highest BCUT2D eigenvalue weighted by Crippen LogP contribution is 2.42. The van der Waals surface area contributed by atoms with Gasteiger partial charge in [0.15, 0.2) is 5.13 Å². The molecule has 36 heavy (non-hydrogen) atoms. The molecule has 0 bridgehead atoms. The van der Waals surface area contributed by atoms with Crippen molar-refractivity contribution >= 4 is 32.2 Å². The number of pyridine rings is 1. The summed E-state index contributed by atoms with van der Waals surface area (Å²) in [7, 11) is 0. The van der Waals surface area contributed by atoms with E-state index in [9.17, 15) is 28.1 Å². The van der Waals surface area contributed by atoms with Crippen molar-refractivity contribution in [1.29, 1.82) is 0 Å². The number of rotatable bonds is 4. The lowest BCUT2D eigenvalue weighted by atomic mass is 9.97. The van der Waals surface area contributed by atoms with Crippen molar-refractivity contribution in [3.8, 4) is 11.4 Å². The van der Waals surface area contributed by atoms with Crippen LogP contribution in [0.4, 0.5) is 24.0 Å². The highest BCUT2D eigenvalue weighted by molar-refractivity contribution is 7.22.